The van der Waals surface area contributed by atoms with E-state index in [0.29, 0.717) is 27.7 Å². The van der Waals surface area contributed by atoms with Gasteiger partial charge in [0, 0.05) is 23.2 Å². The molecule has 4 aromatic rings. The van der Waals surface area contributed by atoms with Crippen molar-refractivity contribution in [2.45, 2.75) is 17.5 Å². The number of rotatable bonds is 6. The Hall–Kier alpha value is -3.10. The van der Waals surface area contributed by atoms with Gasteiger partial charge in [0.05, 0.1) is 5.39 Å². The van der Waals surface area contributed by atoms with Crippen LogP contribution >= 0.6 is 23.1 Å². The van der Waals surface area contributed by atoms with Gasteiger partial charge in [-0.3, -0.25) is 9.36 Å². The van der Waals surface area contributed by atoms with Crippen LogP contribution in [0.4, 0.5) is 4.39 Å². The summed E-state index contributed by atoms with van der Waals surface area (Å²) in [6.45, 7) is 4.37. The van der Waals surface area contributed by atoms with E-state index in [1.807, 2.05) is 23.6 Å². The van der Waals surface area contributed by atoms with E-state index >= 15 is 0 Å². The Labute approximate surface area is 185 Å². The fourth-order valence-electron chi connectivity index (χ4n) is 3.43. The lowest BCUT2D eigenvalue weighted by Gasteiger charge is -2.11. The van der Waals surface area contributed by atoms with E-state index in [4.69, 9.17) is 14.5 Å². The Morgan fingerprint density at radius 1 is 1.19 bits per heavy atom. The molecule has 0 saturated heterocycles. The first-order valence-electron chi connectivity index (χ1n) is 9.54. The number of allylic oxidation sites excluding steroid dienone is 1. The molecule has 156 valence electrons. The van der Waals surface area contributed by atoms with Crippen LogP contribution in [0.3, 0.4) is 0 Å². The summed E-state index contributed by atoms with van der Waals surface area (Å²) in [5, 5.41) is 3.07. The highest BCUT2D eigenvalue weighted by molar-refractivity contribution is 7.98. The number of hydrogen-bond acceptors (Lipinski definition) is 6. The van der Waals surface area contributed by atoms with Crippen molar-refractivity contribution in [1.29, 1.82) is 0 Å². The number of nitrogens with zero attached hydrogens (tertiary/aromatic N) is 2. The molecule has 2 aromatic carbocycles. The molecule has 31 heavy (non-hydrogen) atoms. The van der Waals surface area contributed by atoms with E-state index in [-0.39, 0.29) is 18.2 Å². The molecule has 0 radical (unpaired) electrons. The lowest BCUT2D eigenvalue weighted by atomic mass is 10.1. The van der Waals surface area contributed by atoms with Crippen LogP contribution < -0.4 is 15.0 Å². The van der Waals surface area contributed by atoms with E-state index in [2.05, 4.69) is 6.58 Å². The number of benzene rings is 2. The molecule has 1 aliphatic rings. The molecule has 3 heterocycles. The van der Waals surface area contributed by atoms with Crippen LogP contribution in [0.15, 0.2) is 70.5 Å². The van der Waals surface area contributed by atoms with Gasteiger partial charge in [-0.15, -0.1) is 17.9 Å². The minimum atomic E-state index is -0.312. The van der Waals surface area contributed by atoms with E-state index in [1.165, 1.54) is 35.2 Å². The van der Waals surface area contributed by atoms with Gasteiger partial charge in [-0.25, -0.2) is 9.37 Å². The van der Waals surface area contributed by atoms with Crippen molar-refractivity contribution < 1.29 is 13.9 Å². The normalized spacial score (nSPS) is 12.4. The monoisotopic (exact) mass is 452 g/mol. The van der Waals surface area contributed by atoms with Crippen molar-refractivity contribution in [3.8, 4) is 22.6 Å². The van der Waals surface area contributed by atoms with Crippen LogP contribution in [0.5, 0.6) is 11.5 Å². The molecule has 0 saturated carbocycles. The average Bonchev–Trinajstić information content (AvgIpc) is 3.42. The second-order valence-electron chi connectivity index (χ2n) is 6.91. The molecule has 1 aliphatic heterocycles. The third-order valence-corrected chi connectivity index (χ3v) is 6.85. The molecule has 0 unspecified atom stereocenters. The minimum absolute atomic E-state index is 0.126. The first kappa shape index (κ1) is 19.8. The number of halogens is 1. The van der Waals surface area contributed by atoms with Gasteiger partial charge in [0.15, 0.2) is 16.7 Å². The summed E-state index contributed by atoms with van der Waals surface area (Å²) in [4.78, 5) is 18.8. The molecule has 0 atom stereocenters. The summed E-state index contributed by atoms with van der Waals surface area (Å²) in [5.41, 5.74) is 2.48. The van der Waals surface area contributed by atoms with E-state index in [9.17, 15) is 9.18 Å². The Balaban J connectivity index is 1.52. The molecule has 0 aliphatic carbocycles. The predicted molar refractivity (Wildman–Crippen MR) is 122 cm³/mol. The molecule has 0 fully saturated rings. The maximum Gasteiger partial charge on any atom is 0.263 e. The summed E-state index contributed by atoms with van der Waals surface area (Å²) in [7, 11) is 0. The standard InChI is InChI=1S/C23H17FN2O3S2/c1-2-9-26-22(27)20-17(15-4-6-16(24)7-5-15)12-30-21(20)25-23(26)31-11-14-3-8-18-19(10-14)29-13-28-18/h2-8,10,12H,1,9,11,13H2. The van der Waals surface area contributed by atoms with Crippen molar-refractivity contribution in [3.05, 3.63) is 82.2 Å². The van der Waals surface area contributed by atoms with Crippen LogP contribution in [0, 0.1) is 5.82 Å². The Morgan fingerprint density at radius 3 is 2.81 bits per heavy atom. The van der Waals surface area contributed by atoms with Gasteiger partial charge in [0.25, 0.3) is 5.56 Å². The molecule has 0 amide bonds. The number of thiophene rings is 1. The maximum absolute atomic E-state index is 13.4. The highest BCUT2D eigenvalue weighted by atomic mass is 32.2. The Bertz CT molecular complexity index is 1350. The molecular formula is C23H17FN2O3S2. The van der Waals surface area contributed by atoms with Gasteiger partial charge in [-0.2, -0.15) is 0 Å². The van der Waals surface area contributed by atoms with Crippen LogP contribution in [0.2, 0.25) is 0 Å². The van der Waals surface area contributed by atoms with Gasteiger partial charge >= 0.3 is 0 Å². The summed E-state index contributed by atoms with van der Waals surface area (Å²) in [6.07, 6.45) is 1.68. The van der Waals surface area contributed by atoms with Crippen LogP contribution in [0.25, 0.3) is 21.3 Å². The SMILES string of the molecule is C=CCn1c(SCc2ccc3c(c2)OCO3)nc2scc(-c3ccc(F)cc3)c2c1=O. The Kier molecular flexibility index (Phi) is 5.25. The average molecular weight is 453 g/mol. The van der Waals surface area contributed by atoms with Gasteiger partial charge in [-0.1, -0.05) is 36.0 Å². The maximum atomic E-state index is 13.4. The zero-order chi connectivity index (χ0) is 21.4. The van der Waals surface area contributed by atoms with E-state index < -0.39 is 0 Å². The molecule has 0 bridgehead atoms. The number of ether oxygens (including phenoxy) is 2. The third kappa shape index (κ3) is 3.73. The smallest absolute Gasteiger partial charge is 0.263 e. The second kappa shape index (κ2) is 8.20. The number of thioether (sulfide) groups is 1. The van der Waals surface area contributed by atoms with E-state index in [0.717, 1.165) is 28.2 Å². The molecule has 5 rings (SSSR count). The number of fused-ring (bicyclic) bond motifs is 2. The number of hydrogen-bond donors (Lipinski definition) is 0. The predicted octanol–water partition coefficient (Wildman–Crippen LogP) is 5.47. The van der Waals surface area contributed by atoms with Gasteiger partial charge < -0.3 is 9.47 Å². The fraction of sp³-hybridized carbons (Fsp3) is 0.130. The van der Waals surface area contributed by atoms with Crippen molar-refractivity contribution >= 4 is 33.3 Å². The lowest BCUT2D eigenvalue weighted by molar-refractivity contribution is 0.174. The summed E-state index contributed by atoms with van der Waals surface area (Å²) in [5.74, 6) is 1.78. The summed E-state index contributed by atoms with van der Waals surface area (Å²) < 4.78 is 25.8. The molecule has 2 aromatic heterocycles. The highest BCUT2D eigenvalue weighted by Gasteiger charge is 2.18. The molecule has 0 spiro atoms. The zero-order valence-electron chi connectivity index (χ0n) is 16.3. The summed E-state index contributed by atoms with van der Waals surface area (Å²) >= 11 is 2.90. The van der Waals surface area contributed by atoms with Crippen molar-refractivity contribution in [2.24, 2.45) is 0 Å². The molecule has 0 N–H and O–H groups in total. The van der Waals surface area contributed by atoms with Gasteiger partial charge in [-0.05, 0) is 35.4 Å². The Morgan fingerprint density at radius 2 is 2.00 bits per heavy atom. The number of aromatic nitrogens is 2. The summed E-state index contributed by atoms with van der Waals surface area (Å²) in [6, 6.07) is 12.0. The highest BCUT2D eigenvalue weighted by Crippen LogP contribution is 2.35. The van der Waals surface area contributed by atoms with Crippen LogP contribution in [0.1, 0.15) is 5.56 Å². The lowest BCUT2D eigenvalue weighted by Crippen LogP contribution is -2.22. The topological polar surface area (TPSA) is 53.4 Å². The zero-order valence-corrected chi connectivity index (χ0v) is 18.0. The first-order chi connectivity index (χ1) is 15.1. The quantitative estimate of drug-likeness (QED) is 0.221. The van der Waals surface area contributed by atoms with Gasteiger partial charge in [0.1, 0.15) is 10.6 Å². The van der Waals surface area contributed by atoms with Crippen LogP contribution in [-0.4, -0.2) is 16.3 Å². The molecule has 8 heteroatoms. The van der Waals surface area contributed by atoms with Gasteiger partial charge in [0.2, 0.25) is 6.79 Å². The van der Waals surface area contributed by atoms with E-state index in [1.54, 1.807) is 22.8 Å². The second-order valence-corrected chi connectivity index (χ2v) is 8.71. The van der Waals surface area contributed by atoms with Crippen molar-refractivity contribution in [3.63, 3.8) is 0 Å². The van der Waals surface area contributed by atoms with Crippen LogP contribution in [-0.2, 0) is 12.3 Å². The molecule has 5 nitrogen and oxygen atoms in total. The molecular weight excluding hydrogens is 435 g/mol. The van der Waals surface area contributed by atoms with Crippen molar-refractivity contribution in [1.82, 2.24) is 9.55 Å². The minimum Gasteiger partial charge on any atom is -0.454 e. The van der Waals surface area contributed by atoms with Crippen molar-refractivity contribution in [2.75, 3.05) is 6.79 Å². The third-order valence-electron chi connectivity index (χ3n) is 4.93. The first-order valence-corrected chi connectivity index (χ1v) is 11.4. The fourth-order valence-corrected chi connectivity index (χ4v) is 5.37. The largest absolute Gasteiger partial charge is 0.454 e.